The Labute approximate surface area is 113 Å². The quantitative estimate of drug-likeness (QED) is 0.892. The third-order valence-corrected chi connectivity index (χ3v) is 3.41. The first-order chi connectivity index (χ1) is 8.83. The summed E-state index contributed by atoms with van der Waals surface area (Å²) in [5.74, 6) is 0. The Kier molecular flexibility index (Phi) is 5.45. The van der Waals surface area contributed by atoms with E-state index in [0.29, 0.717) is 19.8 Å². The van der Waals surface area contributed by atoms with Gasteiger partial charge in [0.15, 0.2) is 0 Å². The molecule has 2 rings (SSSR count). The third kappa shape index (κ3) is 3.45. The van der Waals surface area contributed by atoms with Crippen molar-refractivity contribution in [2.24, 2.45) is 0 Å². The lowest BCUT2D eigenvalue weighted by atomic mass is 10.0. The molecule has 1 aromatic carbocycles. The summed E-state index contributed by atoms with van der Waals surface area (Å²) in [6.45, 7) is 5.04. The van der Waals surface area contributed by atoms with Crippen LogP contribution in [-0.2, 0) is 9.47 Å². The van der Waals surface area contributed by atoms with Crippen LogP contribution in [0.5, 0.6) is 0 Å². The van der Waals surface area contributed by atoms with Gasteiger partial charge in [-0.25, -0.2) is 0 Å². The van der Waals surface area contributed by atoms with Gasteiger partial charge in [0.1, 0.15) is 6.10 Å². The highest BCUT2D eigenvalue weighted by molar-refractivity contribution is 6.31. The van der Waals surface area contributed by atoms with Gasteiger partial charge in [0.2, 0.25) is 0 Å². The summed E-state index contributed by atoms with van der Waals surface area (Å²) < 4.78 is 11.3. The number of benzene rings is 1. The second-order valence-electron chi connectivity index (χ2n) is 4.44. The van der Waals surface area contributed by atoms with Crippen molar-refractivity contribution in [3.8, 4) is 0 Å². The maximum Gasteiger partial charge on any atom is 0.100 e. The highest BCUT2D eigenvalue weighted by Crippen LogP contribution is 2.27. The molecule has 2 atom stereocenters. The summed E-state index contributed by atoms with van der Waals surface area (Å²) in [6.07, 6.45) is 1.11. The number of nitrogens with one attached hydrogen (secondary N) is 1. The van der Waals surface area contributed by atoms with Crippen LogP contribution in [0.1, 0.15) is 24.9 Å². The second-order valence-corrected chi connectivity index (χ2v) is 4.84. The Morgan fingerprint density at radius 3 is 2.89 bits per heavy atom. The maximum absolute atomic E-state index is 6.28. The van der Waals surface area contributed by atoms with Crippen molar-refractivity contribution in [2.75, 3.05) is 26.4 Å². The van der Waals surface area contributed by atoms with Crippen molar-refractivity contribution >= 4 is 11.6 Å². The molecule has 3 nitrogen and oxygen atoms in total. The van der Waals surface area contributed by atoms with Crippen LogP contribution in [0.25, 0.3) is 0 Å². The Hall–Kier alpha value is -0.610. The number of hydrogen-bond donors (Lipinski definition) is 1. The Bertz CT molecular complexity index is 367. The fraction of sp³-hybridized carbons (Fsp3) is 0.571. The molecule has 0 spiro atoms. The topological polar surface area (TPSA) is 30.5 Å². The van der Waals surface area contributed by atoms with E-state index in [1.807, 2.05) is 24.3 Å². The smallest absolute Gasteiger partial charge is 0.100 e. The van der Waals surface area contributed by atoms with Gasteiger partial charge in [0, 0.05) is 5.02 Å². The van der Waals surface area contributed by atoms with Crippen LogP contribution in [0, 0.1) is 0 Å². The average Bonchev–Trinajstić information content (AvgIpc) is 2.42. The van der Waals surface area contributed by atoms with Crippen molar-refractivity contribution in [3.63, 3.8) is 0 Å². The average molecular weight is 270 g/mol. The molecule has 1 fully saturated rings. The molecule has 4 heteroatoms. The first kappa shape index (κ1) is 13.8. The highest BCUT2D eigenvalue weighted by atomic mass is 35.5. The molecular formula is C14H20ClNO2. The van der Waals surface area contributed by atoms with Crippen LogP contribution >= 0.6 is 11.6 Å². The minimum absolute atomic E-state index is 0.0326. The Morgan fingerprint density at radius 2 is 2.22 bits per heavy atom. The predicted octanol–water partition coefficient (Wildman–Crippen LogP) is 2.80. The molecule has 1 saturated heterocycles. The van der Waals surface area contributed by atoms with E-state index in [9.17, 15) is 0 Å². The van der Waals surface area contributed by atoms with Crippen molar-refractivity contribution < 1.29 is 9.47 Å². The fourth-order valence-corrected chi connectivity index (χ4v) is 2.42. The van der Waals surface area contributed by atoms with Crippen molar-refractivity contribution in [1.29, 1.82) is 0 Å². The zero-order valence-electron chi connectivity index (χ0n) is 10.7. The molecule has 0 radical (unpaired) electrons. The van der Waals surface area contributed by atoms with Gasteiger partial charge in [-0.15, -0.1) is 0 Å². The maximum atomic E-state index is 6.28. The van der Waals surface area contributed by atoms with E-state index in [1.54, 1.807) is 0 Å². The molecule has 0 aliphatic carbocycles. The molecule has 0 bridgehead atoms. The number of halogens is 1. The summed E-state index contributed by atoms with van der Waals surface area (Å²) >= 11 is 6.28. The lowest BCUT2D eigenvalue weighted by Gasteiger charge is -2.32. The summed E-state index contributed by atoms with van der Waals surface area (Å²) in [6, 6.07) is 8.01. The fourth-order valence-electron chi connectivity index (χ4n) is 2.17. The number of ether oxygens (including phenoxy) is 2. The highest BCUT2D eigenvalue weighted by Gasteiger charge is 2.27. The van der Waals surface area contributed by atoms with Crippen LogP contribution in [0.3, 0.4) is 0 Å². The van der Waals surface area contributed by atoms with Gasteiger partial charge in [-0.05, 0) is 24.6 Å². The van der Waals surface area contributed by atoms with Gasteiger partial charge in [-0.1, -0.05) is 36.7 Å². The third-order valence-electron chi connectivity index (χ3n) is 3.07. The van der Waals surface area contributed by atoms with Crippen LogP contribution in [0.2, 0.25) is 5.02 Å². The van der Waals surface area contributed by atoms with Gasteiger partial charge in [0.25, 0.3) is 0 Å². The molecule has 0 saturated carbocycles. The van der Waals surface area contributed by atoms with E-state index in [4.69, 9.17) is 21.1 Å². The van der Waals surface area contributed by atoms with E-state index in [-0.39, 0.29) is 12.1 Å². The van der Waals surface area contributed by atoms with E-state index in [1.165, 1.54) is 0 Å². The van der Waals surface area contributed by atoms with Crippen LogP contribution < -0.4 is 5.32 Å². The molecule has 2 unspecified atom stereocenters. The van der Waals surface area contributed by atoms with E-state index in [0.717, 1.165) is 23.6 Å². The number of rotatable bonds is 5. The summed E-state index contributed by atoms with van der Waals surface area (Å²) in [5, 5.41) is 4.28. The largest absolute Gasteiger partial charge is 0.376 e. The monoisotopic (exact) mass is 269 g/mol. The van der Waals surface area contributed by atoms with Gasteiger partial charge >= 0.3 is 0 Å². The summed E-state index contributed by atoms with van der Waals surface area (Å²) in [7, 11) is 0. The SMILES string of the molecule is CCCNC(c1ccccc1Cl)C1COCCO1. The molecule has 1 aromatic rings. The Morgan fingerprint density at radius 1 is 1.39 bits per heavy atom. The standard InChI is InChI=1S/C14H20ClNO2/c1-2-7-16-14(13-10-17-8-9-18-13)11-5-3-4-6-12(11)15/h3-6,13-14,16H,2,7-10H2,1H3. The molecule has 1 aliphatic heterocycles. The molecular weight excluding hydrogens is 250 g/mol. The molecule has 1 N–H and O–H groups in total. The van der Waals surface area contributed by atoms with Crippen molar-refractivity contribution in [2.45, 2.75) is 25.5 Å². The normalized spacial score (nSPS) is 21.8. The van der Waals surface area contributed by atoms with Crippen LogP contribution in [-0.4, -0.2) is 32.5 Å². The first-order valence-electron chi connectivity index (χ1n) is 6.50. The lowest BCUT2D eigenvalue weighted by Crippen LogP contribution is -2.41. The molecule has 0 amide bonds. The Balaban J connectivity index is 2.15. The van der Waals surface area contributed by atoms with E-state index in [2.05, 4.69) is 12.2 Å². The van der Waals surface area contributed by atoms with Gasteiger partial charge in [0.05, 0.1) is 25.9 Å². The van der Waals surface area contributed by atoms with Crippen LogP contribution in [0.15, 0.2) is 24.3 Å². The molecule has 18 heavy (non-hydrogen) atoms. The predicted molar refractivity (Wildman–Crippen MR) is 73.0 cm³/mol. The minimum Gasteiger partial charge on any atom is -0.376 e. The minimum atomic E-state index is 0.0326. The summed E-state index contributed by atoms with van der Waals surface area (Å²) in [5.41, 5.74) is 1.09. The van der Waals surface area contributed by atoms with E-state index < -0.39 is 0 Å². The van der Waals surface area contributed by atoms with Gasteiger partial charge in [-0.2, -0.15) is 0 Å². The zero-order valence-corrected chi connectivity index (χ0v) is 11.5. The summed E-state index contributed by atoms with van der Waals surface area (Å²) in [4.78, 5) is 0. The lowest BCUT2D eigenvalue weighted by molar-refractivity contribution is -0.102. The first-order valence-corrected chi connectivity index (χ1v) is 6.88. The van der Waals surface area contributed by atoms with Crippen LogP contribution in [0.4, 0.5) is 0 Å². The zero-order chi connectivity index (χ0) is 12.8. The van der Waals surface area contributed by atoms with Gasteiger partial charge < -0.3 is 14.8 Å². The molecule has 1 heterocycles. The van der Waals surface area contributed by atoms with Crippen molar-refractivity contribution in [1.82, 2.24) is 5.32 Å². The number of hydrogen-bond acceptors (Lipinski definition) is 3. The molecule has 0 aromatic heterocycles. The second kappa shape index (κ2) is 7.10. The van der Waals surface area contributed by atoms with Crippen molar-refractivity contribution in [3.05, 3.63) is 34.9 Å². The van der Waals surface area contributed by atoms with Gasteiger partial charge in [-0.3, -0.25) is 0 Å². The molecule has 100 valence electrons. The van der Waals surface area contributed by atoms with E-state index >= 15 is 0 Å². The molecule has 1 aliphatic rings.